The number of halogens is 1. The van der Waals surface area contributed by atoms with Crippen molar-refractivity contribution in [2.45, 2.75) is 6.04 Å². The molecular formula is C12H9BrN2S2. The van der Waals surface area contributed by atoms with Crippen molar-refractivity contribution in [3.8, 4) is 0 Å². The van der Waals surface area contributed by atoms with Crippen LogP contribution in [0.2, 0.25) is 0 Å². The number of fused-ring (bicyclic) bond motifs is 1. The van der Waals surface area contributed by atoms with Crippen LogP contribution in [-0.2, 0) is 0 Å². The highest BCUT2D eigenvalue weighted by Crippen LogP contribution is 2.31. The molecule has 1 atom stereocenters. The molecule has 3 aromatic heterocycles. The van der Waals surface area contributed by atoms with Gasteiger partial charge in [0, 0.05) is 16.0 Å². The molecule has 3 aromatic rings. The second kappa shape index (κ2) is 4.49. The molecule has 0 spiro atoms. The zero-order valence-corrected chi connectivity index (χ0v) is 12.0. The summed E-state index contributed by atoms with van der Waals surface area (Å²) in [6, 6.07) is 4.03. The SMILES string of the molecule is NC(c1cnc2ccsc2c1)c1cscc1Br. The Morgan fingerprint density at radius 1 is 1.35 bits per heavy atom. The van der Waals surface area contributed by atoms with Gasteiger partial charge < -0.3 is 5.73 Å². The maximum absolute atomic E-state index is 6.26. The van der Waals surface area contributed by atoms with Crippen molar-refractivity contribution in [2.75, 3.05) is 0 Å². The molecule has 2 N–H and O–H groups in total. The second-order valence-electron chi connectivity index (χ2n) is 3.73. The van der Waals surface area contributed by atoms with E-state index in [9.17, 15) is 0 Å². The zero-order chi connectivity index (χ0) is 11.8. The number of rotatable bonds is 2. The number of aromatic nitrogens is 1. The van der Waals surface area contributed by atoms with Gasteiger partial charge in [0.25, 0.3) is 0 Å². The van der Waals surface area contributed by atoms with E-state index in [0.717, 1.165) is 21.1 Å². The number of thiophene rings is 2. The molecule has 1 unspecified atom stereocenters. The van der Waals surface area contributed by atoms with Gasteiger partial charge in [-0.15, -0.1) is 11.3 Å². The molecule has 5 heteroatoms. The summed E-state index contributed by atoms with van der Waals surface area (Å²) < 4.78 is 2.26. The van der Waals surface area contributed by atoms with Crippen LogP contribution in [0.15, 0.2) is 38.9 Å². The van der Waals surface area contributed by atoms with E-state index < -0.39 is 0 Å². The standard InChI is InChI=1S/C12H9BrN2S2/c13-9-6-16-5-8(9)12(14)7-3-11-10(15-4-7)1-2-17-11/h1-6,12H,14H2. The number of hydrogen-bond acceptors (Lipinski definition) is 4. The van der Waals surface area contributed by atoms with Crippen LogP contribution in [0.4, 0.5) is 0 Å². The quantitative estimate of drug-likeness (QED) is 0.768. The largest absolute Gasteiger partial charge is 0.320 e. The molecule has 0 aliphatic rings. The van der Waals surface area contributed by atoms with Gasteiger partial charge in [-0.1, -0.05) is 0 Å². The van der Waals surface area contributed by atoms with Crippen LogP contribution in [-0.4, -0.2) is 4.98 Å². The molecule has 0 amide bonds. The van der Waals surface area contributed by atoms with Crippen molar-refractivity contribution in [1.29, 1.82) is 0 Å². The Morgan fingerprint density at radius 3 is 3.00 bits per heavy atom. The summed E-state index contributed by atoms with van der Waals surface area (Å²) in [5.74, 6) is 0. The molecule has 86 valence electrons. The lowest BCUT2D eigenvalue weighted by Crippen LogP contribution is -2.11. The summed E-state index contributed by atoms with van der Waals surface area (Å²) in [4.78, 5) is 4.42. The molecule has 17 heavy (non-hydrogen) atoms. The lowest BCUT2D eigenvalue weighted by molar-refractivity contribution is 0.868. The number of pyridine rings is 1. The van der Waals surface area contributed by atoms with E-state index in [4.69, 9.17) is 5.73 Å². The summed E-state index contributed by atoms with van der Waals surface area (Å²) >= 11 is 6.86. The van der Waals surface area contributed by atoms with Crippen molar-refractivity contribution in [3.05, 3.63) is 50.1 Å². The minimum Gasteiger partial charge on any atom is -0.320 e. The fourth-order valence-electron chi connectivity index (χ4n) is 1.72. The molecule has 0 fully saturated rings. The van der Waals surface area contributed by atoms with E-state index in [2.05, 4.69) is 32.4 Å². The van der Waals surface area contributed by atoms with E-state index in [1.54, 1.807) is 22.7 Å². The predicted molar refractivity (Wildman–Crippen MR) is 77.7 cm³/mol. The molecule has 0 aromatic carbocycles. The van der Waals surface area contributed by atoms with Gasteiger partial charge in [0.15, 0.2) is 0 Å². The first kappa shape index (κ1) is 11.3. The van der Waals surface area contributed by atoms with Crippen molar-refractivity contribution < 1.29 is 0 Å². The summed E-state index contributed by atoms with van der Waals surface area (Å²) in [5, 5.41) is 6.17. The van der Waals surface area contributed by atoms with Gasteiger partial charge in [-0.2, -0.15) is 11.3 Å². The first-order valence-electron chi connectivity index (χ1n) is 5.06. The van der Waals surface area contributed by atoms with Crippen LogP contribution in [0, 0.1) is 0 Å². The molecule has 0 saturated carbocycles. The van der Waals surface area contributed by atoms with E-state index in [1.165, 1.54) is 4.70 Å². The van der Waals surface area contributed by atoms with Crippen molar-refractivity contribution >= 4 is 48.8 Å². The van der Waals surface area contributed by atoms with Crippen LogP contribution < -0.4 is 5.73 Å². The Hall–Kier alpha value is -0.750. The minimum absolute atomic E-state index is 0.116. The number of hydrogen-bond donors (Lipinski definition) is 1. The average molecular weight is 325 g/mol. The third kappa shape index (κ3) is 2.04. The first-order chi connectivity index (χ1) is 8.25. The Bertz CT molecular complexity index is 659. The van der Waals surface area contributed by atoms with Crippen LogP contribution in [0.3, 0.4) is 0 Å². The molecule has 0 aliphatic heterocycles. The maximum atomic E-state index is 6.26. The third-order valence-electron chi connectivity index (χ3n) is 2.66. The van der Waals surface area contributed by atoms with Gasteiger partial charge in [0.05, 0.1) is 16.3 Å². The van der Waals surface area contributed by atoms with Crippen LogP contribution >= 0.6 is 38.6 Å². The molecule has 0 saturated heterocycles. The first-order valence-corrected chi connectivity index (χ1v) is 7.67. The average Bonchev–Trinajstić information content (AvgIpc) is 2.95. The molecule has 3 rings (SSSR count). The molecule has 2 nitrogen and oxygen atoms in total. The van der Waals surface area contributed by atoms with E-state index in [-0.39, 0.29) is 6.04 Å². The molecule has 0 bridgehead atoms. The summed E-state index contributed by atoms with van der Waals surface area (Å²) in [6.07, 6.45) is 1.86. The third-order valence-corrected chi connectivity index (χ3v) is 5.27. The second-order valence-corrected chi connectivity index (χ2v) is 6.27. The maximum Gasteiger partial charge on any atom is 0.0809 e. The summed E-state index contributed by atoms with van der Waals surface area (Å²) in [6.45, 7) is 0. The van der Waals surface area contributed by atoms with E-state index in [1.807, 2.05) is 23.0 Å². The van der Waals surface area contributed by atoms with Gasteiger partial charge in [0.2, 0.25) is 0 Å². The zero-order valence-electron chi connectivity index (χ0n) is 8.76. The van der Waals surface area contributed by atoms with E-state index >= 15 is 0 Å². The highest BCUT2D eigenvalue weighted by atomic mass is 79.9. The molecule has 3 heterocycles. The highest BCUT2D eigenvalue weighted by molar-refractivity contribution is 9.10. The normalized spacial score (nSPS) is 13.1. The van der Waals surface area contributed by atoms with Gasteiger partial charge in [-0.25, -0.2) is 0 Å². The van der Waals surface area contributed by atoms with Crippen molar-refractivity contribution in [3.63, 3.8) is 0 Å². The summed E-state index contributed by atoms with van der Waals surface area (Å²) in [5.41, 5.74) is 9.47. The van der Waals surface area contributed by atoms with Gasteiger partial charge in [-0.05, 0) is 49.9 Å². The number of nitrogens with zero attached hydrogens (tertiary/aromatic N) is 1. The van der Waals surface area contributed by atoms with Crippen molar-refractivity contribution in [1.82, 2.24) is 4.98 Å². The van der Waals surface area contributed by atoms with Crippen molar-refractivity contribution in [2.24, 2.45) is 5.73 Å². The van der Waals surface area contributed by atoms with Crippen LogP contribution in [0.25, 0.3) is 10.2 Å². The monoisotopic (exact) mass is 324 g/mol. The molecule has 0 radical (unpaired) electrons. The summed E-state index contributed by atoms with van der Waals surface area (Å²) in [7, 11) is 0. The fourth-order valence-corrected chi connectivity index (χ4v) is 4.09. The van der Waals surface area contributed by atoms with Gasteiger partial charge in [-0.3, -0.25) is 4.98 Å². The van der Waals surface area contributed by atoms with Gasteiger partial charge in [0.1, 0.15) is 0 Å². The molecular weight excluding hydrogens is 316 g/mol. The Morgan fingerprint density at radius 2 is 2.24 bits per heavy atom. The lowest BCUT2D eigenvalue weighted by Gasteiger charge is -2.11. The highest BCUT2D eigenvalue weighted by Gasteiger charge is 2.14. The lowest BCUT2D eigenvalue weighted by atomic mass is 10.0. The fraction of sp³-hybridized carbons (Fsp3) is 0.0833. The predicted octanol–water partition coefficient (Wildman–Crippen LogP) is 4.17. The molecule has 0 aliphatic carbocycles. The van der Waals surface area contributed by atoms with Crippen LogP contribution in [0.5, 0.6) is 0 Å². The Labute approximate surface area is 115 Å². The Kier molecular flexibility index (Phi) is 3.00. The van der Waals surface area contributed by atoms with E-state index in [0.29, 0.717) is 0 Å². The Balaban J connectivity index is 2.06. The van der Waals surface area contributed by atoms with Crippen LogP contribution in [0.1, 0.15) is 17.2 Å². The minimum atomic E-state index is -0.116. The smallest absolute Gasteiger partial charge is 0.0809 e. The topological polar surface area (TPSA) is 38.9 Å². The number of nitrogens with two attached hydrogens (primary N) is 1. The van der Waals surface area contributed by atoms with Gasteiger partial charge >= 0.3 is 0 Å².